The topological polar surface area (TPSA) is 12.9 Å². The third kappa shape index (κ3) is 2.76. The predicted molar refractivity (Wildman–Crippen MR) is 73.0 cm³/mol. The van der Waals surface area contributed by atoms with E-state index in [-0.39, 0.29) is 5.82 Å². The van der Waals surface area contributed by atoms with Crippen molar-refractivity contribution in [1.82, 2.24) is 4.98 Å². The molecule has 0 N–H and O–H groups in total. The van der Waals surface area contributed by atoms with Gasteiger partial charge in [-0.15, -0.1) is 0 Å². The zero-order valence-corrected chi connectivity index (χ0v) is 10.9. The van der Waals surface area contributed by atoms with Crippen molar-refractivity contribution in [2.24, 2.45) is 0 Å². The monoisotopic (exact) mass is 243 g/mol. The van der Waals surface area contributed by atoms with Crippen LogP contribution in [0.5, 0.6) is 0 Å². The van der Waals surface area contributed by atoms with Gasteiger partial charge < -0.3 is 0 Å². The Labute approximate surface area is 108 Å². The quantitative estimate of drug-likeness (QED) is 0.752. The average Bonchev–Trinajstić information content (AvgIpc) is 2.41. The molecule has 2 aromatic rings. The third-order valence-corrected chi connectivity index (χ3v) is 3.35. The maximum absolute atomic E-state index is 13.1. The molecule has 1 nitrogen and oxygen atoms in total. The Morgan fingerprint density at radius 2 is 1.83 bits per heavy atom. The van der Waals surface area contributed by atoms with Gasteiger partial charge in [-0.3, -0.25) is 4.98 Å². The van der Waals surface area contributed by atoms with Crippen molar-refractivity contribution in [2.45, 2.75) is 32.6 Å². The number of nitrogens with zero attached hydrogens (tertiary/aromatic N) is 1. The summed E-state index contributed by atoms with van der Waals surface area (Å²) in [7, 11) is 0. The van der Waals surface area contributed by atoms with Crippen LogP contribution < -0.4 is 0 Å². The van der Waals surface area contributed by atoms with Crippen LogP contribution in [0.1, 0.15) is 38.3 Å². The van der Waals surface area contributed by atoms with Crippen LogP contribution >= 0.6 is 0 Å². The second-order valence-electron chi connectivity index (χ2n) is 4.50. The number of halogens is 1. The molecular weight excluding hydrogens is 225 g/mol. The van der Waals surface area contributed by atoms with Crippen LogP contribution in [0.25, 0.3) is 11.1 Å². The summed E-state index contributed by atoms with van der Waals surface area (Å²) < 4.78 is 13.1. The maximum atomic E-state index is 13.1. The van der Waals surface area contributed by atoms with E-state index in [2.05, 4.69) is 24.9 Å². The normalized spacial score (nSPS) is 10.9. The SMILES string of the molecule is CCC(CC)c1ccc(-c2cccc(F)c2)cn1. The molecule has 1 aromatic heterocycles. The summed E-state index contributed by atoms with van der Waals surface area (Å²) in [5.74, 6) is 0.308. The van der Waals surface area contributed by atoms with E-state index in [0.29, 0.717) is 5.92 Å². The Hall–Kier alpha value is -1.70. The lowest BCUT2D eigenvalue weighted by atomic mass is 9.98. The van der Waals surface area contributed by atoms with E-state index in [0.717, 1.165) is 29.7 Å². The smallest absolute Gasteiger partial charge is 0.123 e. The van der Waals surface area contributed by atoms with Gasteiger partial charge in [0, 0.05) is 23.4 Å². The number of aromatic nitrogens is 1. The molecule has 0 spiro atoms. The Bertz CT molecular complexity index is 501. The number of hydrogen-bond donors (Lipinski definition) is 0. The lowest BCUT2D eigenvalue weighted by molar-refractivity contribution is 0.623. The van der Waals surface area contributed by atoms with Gasteiger partial charge in [-0.25, -0.2) is 4.39 Å². The van der Waals surface area contributed by atoms with Gasteiger partial charge in [-0.05, 0) is 36.6 Å². The van der Waals surface area contributed by atoms with E-state index < -0.39 is 0 Å². The number of hydrogen-bond acceptors (Lipinski definition) is 1. The summed E-state index contributed by atoms with van der Waals surface area (Å²) in [5, 5.41) is 0. The van der Waals surface area contributed by atoms with Gasteiger partial charge in [0.25, 0.3) is 0 Å². The first-order valence-electron chi connectivity index (χ1n) is 6.46. The van der Waals surface area contributed by atoms with E-state index in [9.17, 15) is 4.39 Å². The first-order valence-corrected chi connectivity index (χ1v) is 6.46. The lowest BCUT2D eigenvalue weighted by Crippen LogP contribution is -1.98. The minimum absolute atomic E-state index is 0.212. The molecule has 0 saturated heterocycles. The molecule has 94 valence electrons. The zero-order chi connectivity index (χ0) is 13.0. The van der Waals surface area contributed by atoms with Gasteiger partial charge in [0.2, 0.25) is 0 Å². The molecule has 2 rings (SSSR count). The van der Waals surface area contributed by atoms with Gasteiger partial charge in [0.1, 0.15) is 5.82 Å². The molecule has 0 radical (unpaired) electrons. The van der Waals surface area contributed by atoms with Crippen molar-refractivity contribution in [2.75, 3.05) is 0 Å². The number of rotatable bonds is 4. The summed E-state index contributed by atoms with van der Waals surface area (Å²) in [6.07, 6.45) is 4.04. The molecular formula is C16H18FN. The fourth-order valence-electron chi connectivity index (χ4n) is 2.19. The molecule has 0 atom stereocenters. The van der Waals surface area contributed by atoms with Gasteiger partial charge >= 0.3 is 0 Å². The van der Waals surface area contributed by atoms with E-state index in [1.54, 1.807) is 6.07 Å². The maximum Gasteiger partial charge on any atom is 0.123 e. The fraction of sp³-hybridized carbons (Fsp3) is 0.312. The van der Waals surface area contributed by atoms with Crippen LogP contribution in [-0.2, 0) is 0 Å². The molecule has 0 aliphatic carbocycles. The van der Waals surface area contributed by atoms with Crippen LogP contribution in [0.4, 0.5) is 4.39 Å². The van der Waals surface area contributed by atoms with Crippen molar-refractivity contribution in [3.8, 4) is 11.1 Å². The molecule has 0 bridgehead atoms. The van der Waals surface area contributed by atoms with Crippen molar-refractivity contribution >= 4 is 0 Å². The Morgan fingerprint density at radius 1 is 1.06 bits per heavy atom. The Morgan fingerprint density at radius 3 is 2.39 bits per heavy atom. The van der Waals surface area contributed by atoms with E-state index in [1.165, 1.54) is 12.1 Å². The molecule has 2 heteroatoms. The molecule has 0 aliphatic rings. The highest BCUT2D eigenvalue weighted by Gasteiger charge is 2.08. The molecule has 1 heterocycles. The lowest BCUT2D eigenvalue weighted by Gasteiger charge is -2.12. The number of pyridine rings is 1. The molecule has 0 saturated carbocycles. The van der Waals surface area contributed by atoms with Crippen molar-refractivity contribution in [1.29, 1.82) is 0 Å². The standard InChI is InChI=1S/C16H18FN/c1-3-12(4-2)16-9-8-14(11-18-16)13-6-5-7-15(17)10-13/h5-12H,3-4H2,1-2H3. The minimum atomic E-state index is -0.212. The van der Waals surface area contributed by atoms with Crippen LogP contribution in [0, 0.1) is 5.82 Å². The summed E-state index contributed by atoms with van der Waals surface area (Å²) in [6.45, 7) is 4.35. The van der Waals surface area contributed by atoms with Crippen molar-refractivity contribution in [3.05, 3.63) is 54.1 Å². The molecule has 1 aromatic carbocycles. The largest absolute Gasteiger partial charge is 0.260 e. The zero-order valence-electron chi connectivity index (χ0n) is 10.9. The van der Waals surface area contributed by atoms with Gasteiger partial charge in [0.05, 0.1) is 0 Å². The van der Waals surface area contributed by atoms with Gasteiger partial charge in [-0.2, -0.15) is 0 Å². The fourth-order valence-corrected chi connectivity index (χ4v) is 2.19. The summed E-state index contributed by atoms with van der Waals surface area (Å²) in [5.41, 5.74) is 2.96. The molecule has 0 aliphatic heterocycles. The highest BCUT2D eigenvalue weighted by atomic mass is 19.1. The second kappa shape index (κ2) is 5.76. The average molecular weight is 243 g/mol. The van der Waals surface area contributed by atoms with E-state index in [4.69, 9.17) is 0 Å². The highest BCUT2D eigenvalue weighted by Crippen LogP contribution is 2.24. The van der Waals surface area contributed by atoms with Crippen LogP contribution in [0.2, 0.25) is 0 Å². The first kappa shape index (κ1) is 12.7. The Balaban J connectivity index is 2.27. The first-order chi connectivity index (χ1) is 8.74. The van der Waals surface area contributed by atoms with Crippen LogP contribution in [-0.4, -0.2) is 4.98 Å². The van der Waals surface area contributed by atoms with Crippen molar-refractivity contribution in [3.63, 3.8) is 0 Å². The predicted octanol–water partition coefficient (Wildman–Crippen LogP) is 4.79. The number of benzene rings is 1. The summed E-state index contributed by atoms with van der Waals surface area (Å²) >= 11 is 0. The van der Waals surface area contributed by atoms with Crippen LogP contribution in [0.15, 0.2) is 42.6 Å². The van der Waals surface area contributed by atoms with Crippen LogP contribution in [0.3, 0.4) is 0 Å². The van der Waals surface area contributed by atoms with E-state index >= 15 is 0 Å². The highest BCUT2D eigenvalue weighted by molar-refractivity contribution is 5.62. The van der Waals surface area contributed by atoms with Crippen molar-refractivity contribution < 1.29 is 4.39 Å². The molecule has 18 heavy (non-hydrogen) atoms. The third-order valence-electron chi connectivity index (χ3n) is 3.35. The second-order valence-corrected chi connectivity index (χ2v) is 4.50. The Kier molecular flexibility index (Phi) is 4.08. The summed E-state index contributed by atoms with van der Waals surface area (Å²) in [6, 6.07) is 10.7. The summed E-state index contributed by atoms with van der Waals surface area (Å²) in [4.78, 5) is 4.50. The molecule has 0 amide bonds. The minimum Gasteiger partial charge on any atom is -0.260 e. The van der Waals surface area contributed by atoms with Gasteiger partial charge in [0.15, 0.2) is 0 Å². The molecule has 0 fully saturated rings. The van der Waals surface area contributed by atoms with E-state index in [1.807, 2.05) is 18.3 Å². The van der Waals surface area contributed by atoms with Gasteiger partial charge in [-0.1, -0.05) is 32.0 Å². The molecule has 0 unspecified atom stereocenters.